The van der Waals surface area contributed by atoms with Gasteiger partial charge in [0.2, 0.25) is 5.91 Å². The number of nitrogens with one attached hydrogen (secondary N) is 1. The summed E-state index contributed by atoms with van der Waals surface area (Å²) >= 11 is 0. The van der Waals surface area contributed by atoms with E-state index in [4.69, 9.17) is 14.2 Å². The maximum absolute atomic E-state index is 12.9. The molecule has 0 bridgehead atoms. The molecule has 8 nitrogen and oxygen atoms in total. The Bertz CT molecular complexity index is 1030. The molecule has 1 aromatic carbocycles. The van der Waals surface area contributed by atoms with Gasteiger partial charge in [-0.25, -0.2) is 4.79 Å². The van der Waals surface area contributed by atoms with Crippen LogP contribution in [0, 0.1) is 0 Å². The van der Waals surface area contributed by atoms with Crippen LogP contribution >= 0.6 is 0 Å². The molecule has 0 unspecified atom stereocenters. The lowest BCUT2D eigenvalue weighted by atomic mass is 9.81. The average molecular weight is 459 g/mol. The van der Waals surface area contributed by atoms with Crippen LogP contribution in [0.5, 0.6) is 11.5 Å². The van der Waals surface area contributed by atoms with Gasteiger partial charge < -0.3 is 24.6 Å². The standard InChI is InChI=1S/C25H34N2O6/c1-25(2,3)33-24(30)27-14-18(17-12-22(31-4)20(28)13-19(17)27)15-7-5-8-16(11-15)26-23(29)21-9-6-10-32-21/h12-16,21,28H,5-11H2,1-4H3,(H,26,29)/t15-,16+,21+/m1/s1. The van der Waals surface area contributed by atoms with E-state index < -0.39 is 11.7 Å². The van der Waals surface area contributed by atoms with Crippen LogP contribution in [0.1, 0.15) is 70.8 Å². The van der Waals surface area contributed by atoms with Crippen LogP contribution in [0.25, 0.3) is 10.9 Å². The van der Waals surface area contributed by atoms with Gasteiger partial charge in [-0.3, -0.25) is 9.36 Å². The number of aromatic hydroxyl groups is 1. The van der Waals surface area contributed by atoms with Crippen molar-refractivity contribution < 1.29 is 28.9 Å². The van der Waals surface area contributed by atoms with Gasteiger partial charge >= 0.3 is 6.09 Å². The topological polar surface area (TPSA) is 99.0 Å². The molecule has 3 atom stereocenters. The number of benzene rings is 1. The predicted molar refractivity (Wildman–Crippen MR) is 124 cm³/mol. The van der Waals surface area contributed by atoms with Crippen LogP contribution in [-0.2, 0) is 14.3 Å². The number of aromatic nitrogens is 1. The number of rotatable bonds is 4. The third-order valence-corrected chi connectivity index (χ3v) is 6.41. The van der Waals surface area contributed by atoms with Crippen molar-refractivity contribution in [1.82, 2.24) is 9.88 Å². The molecule has 2 aromatic rings. The van der Waals surface area contributed by atoms with Crippen LogP contribution in [0.3, 0.4) is 0 Å². The number of hydrogen-bond donors (Lipinski definition) is 2. The van der Waals surface area contributed by atoms with Gasteiger partial charge in [0.25, 0.3) is 0 Å². The Morgan fingerprint density at radius 2 is 1.97 bits per heavy atom. The fourth-order valence-corrected chi connectivity index (χ4v) is 4.90. The molecule has 1 aliphatic heterocycles. The summed E-state index contributed by atoms with van der Waals surface area (Å²) < 4.78 is 17.9. The van der Waals surface area contributed by atoms with Crippen molar-refractivity contribution in [2.45, 2.75) is 83.0 Å². The molecule has 1 aromatic heterocycles. The fourth-order valence-electron chi connectivity index (χ4n) is 4.90. The number of amides is 1. The molecule has 1 saturated carbocycles. The van der Waals surface area contributed by atoms with E-state index in [2.05, 4.69) is 5.32 Å². The second kappa shape index (κ2) is 9.25. The molecule has 2 heterocycles. The smallest absolute Gasteiger partial charge is 0.419 e. The first kappa shape index (κ1) is 23.4. The largest absolute Gasteiger partial charge is 0.504 e. The highest BCUT2D eigenvalue weighted by Gasteiger charge is 2.31. The first-order valence-corrected chi connectivity index (χ1v) is 11.7. The Hall–Kier alpha value is -2.74. The zero-order valence-electron chi connectivity index (χ0n) is 19.8. The summed E-state index contributed by atoms with van der Waals surface area (Å²) in [6.07, 6.45) is 6.27. The second-order valence-electron chi connectivity index (χ2n) is 10.0. The molecule has 2 aliphatic rings. The molecule has 2 N–H and O–H groups in total. The molecule has 1 saturated heterocycles. The lowest BCUT2D eigenvalue weighted by Gasteiger charge is -2.30. The summed E-state index contributed by atoms with van der Waals surface area (Å²) in [4.78, 5) is 25.5. The highest BCUT2D eigenvalue weighted by molar-refractivity contribution is 5.94. The molecule has 0 radical (unpaired) electrons. The molecule has 0 spiro atoms. The molecule has 33 heavy (non-hydrogen) atoms. The van der Waals surface area contributed by atoms with Crippen LogP contribution in [0.15, 0.2) is 18.3 Å². The SMILES string of the molecule is COc1cc2c([C@@H]3CCC[C@H](NC(=O)[C@@H]4CCCO4)C3)cn(C(=O)OC(C)(C)C)c2cc1O. The minimum atomic E-state index is -0.648. The summed E-state index contributed by atoms with van der Waals surface area (Å²) in [7, 11) is 1.50. The molecular formula is C25H34N2O6. The number of ether oxygens (including phenoxy) is 3. The summed E-state index contributed by atoms with van der Waals surface area (Å²) in [6.45, 7) is 6.10. The van der Waals surface area contributed by atoms with E-state index in [9.17, 15) is 14.7 Å². The van der Waals surface area contributed by atoms with Crippen molar-refractivity contribution >= 4 is 22.9 Å². The van der Waals surface area contributed by atoms with Gasteiger partial charge in [0.05, 0.1) is 12.6 Å². The van der Waals surface area contributed by atoms with Crippen molar-refractivity contribution in [3.05, 3.63) is 23.9 Å². The number of methoxy groups -OCH3 is 1. The zero-order chi connectivity index (χ0) is 23.8. The van der Waals surface area contributed by atoms with Crippen molar-refractivity contribution in [3.63, 3.8) is 0 Å². The Morgan fingerprint density at radius 3 is 2.64 bits per heavy atom. The number of carbonyl (C=O) groups is 2. The number of phenolic OH excluding ortho intramolecular Hbond substituents is 1. The van der Waals surface area contributed by atoms with E-state index in [-0.39, 0.29) is 29.7 Å². The summed E-state index contributed by atoms with van der Waals surface area (Å²) in [5.74, 6) is 0.435. The Balaban J connectivity index is 1.64. The van der Waals surface area contributed by atoms with Gasteiger partial charge in [-0.15, -0.1) is 0 Å². The quantitative estimate of drug-likeness (QED) is 0.702. The average Bonchev–Trinajstić information content (AvgIpc) is 3.40. The molecule has 180 valence electrons. The number of nitrogens with zero attached hydrogens (tertiary/aromatic N) is 1. The Kier molecular flexibility index (Phi) is 6.56. The van der Waals surface area contributed by atoms with Gasteiger partial charge in [0, 0.05) is 30.3 Å². The predicted octanol–water partition coefficient (Wildman–Crippen LogP) is 4.46. The number of carbonyl (C=O) groups excluding carboxylic acids is 2. The minimum absolute atomic E-state index is 0.0269. The van der Waals surface area contributed by atoms with Gasteiger partial charge in [-0.2, -0.15) is 0 Å². The fraction of sp³-hybridized carbons (Fsp3) is 0.600. The van der Waals surface area contributed by atoms with E-state index in [1.165, 1.54) is 11.7 Å². The van der Waals surface area contributed by atoms with Crippen LogP contribution < -0.4 is 10.1 Å². The van der Waals surface area contributed by atoms with Gasteiger partial charge in [0.15, 0.2) is 11.5 Å². The second-order valence-corrected chi connectivity index (χ2v) is 10.0. The maximum atomic E-state index is 12.9. The number of phenols is 1. The van der Waals surface area contributed by atoms with Crippen LogP contribution in [0.2, 0.25) is 0 Å². The van der Waals surface area contributed by atoms with Gasteiger partial charge in [0.1, 0.15) is 11.7 Å². The Labute approximate surface area is 194 Å². The molecular weight excluding hydrogens is 424 g/mol. The molecule has 4 rings (SSSR count). The first-order chi connectivity index (χ1) is 15.7. The number of hydrogen-bond acceptors (Lipinski definition) is 6. The van der Waals surface area contributed by atoms with Crippen LogP contribution in [0.4, 0.5) is 4.79 Å². The molecule has 1 aliphatic carbocycles. The lowest BCUT2D eigenvalue weighted by molar-refractivity contribution is -0.131. The van der Waals surface area contributed by atoms with Crippen molar-refractivity contribution in [1.29, 1.82) is 0 Å². The lowest BCUT2D eigenvalue weighted by Crippen LogP contribution is -2.43. The van der Waals surface area contributed by atoms with E-state index in [0.29, 0.717) is 17.9 Å². The highest BCUT2D eigenvalue weighted by Crippen LogP contribution is 2.41. The summed E-state index contributed by atoms with van der Waals surface area (Å²) in [5, 5.41) is 14.4. The third kappa shape index (κ3) is 5.11. The van der Waals surface area contributed by atoms with Crippen LogP contribution in [-0.4, -0.2) is 53.1 Å². The van der Waals surface area contributed by atoms with Crippen molar-refractivity contribution in [2.75, 3.05) is 13.7 Å². The summed E-state index contributed by atoms with van der Waals surface area (Å²) in [5.41, 5.74) is 0.915. The molecule has 1 amide bonds. The first-order valence-electron chi connectivity index (χ1n) is 11.7. The monoisotopic (exact) mass is 458 g/mol. The normalized spacial score (nSPS) is 23.5. The zero-order valence-corrected chi connectivity index (χ0v) is 19.8. The Morgan fingerprint density at radius 1 is 1.18 bits per heavy atom. The third-order valence-electron chi connectivity index (χ3n) is 6.41. The van der Waals surface area contributed by atoms with E-state index in [1.807, 2.05) is 27.0 Å². The summed E-state index contributed by atoms with van der Waals surface area (Å²) in [6, 6.07) is 3.37. The molecule has 8 heteroatoms. The number of fused-ring (bicyclic) bond motifs is 1. The molecule has 2 fully saturated rings. The van der Waals surface area contributed by atoms with E-state index >= 15 is 0 Å². The van der Waals surface area contributed by atoms with Gasteiger partial charge in [-0.1, -0.05) is 6.42 Å². The minimum Gasteiger partial charge on any atom is -0.504 e. The van der Waals surface area contributed by atoms with E-state index in [1.54, 1.807) is 12.1 Å². The van der Waals surface area contributed by atoms with Gasteiger partial charge in [-0.05, 0) is 70.4 Å². The van der Waals surface area contributed by atoms with Crippen molar-refractivity contribution in [2.24, 2.45) is 0 Å². The van der Waals surface area contributed by atoms with Crippen molar-refractivity contribution in [3.8, 4) is 11.5 Å². The van der Waals surface area contributed by atoms with E-state index in [0.717, 1.165) is 49.5 Å². The highest BCUT2D eigenvalue weighted by atomic mass is 16.6. The maximum Gasteiger partial charge on any atom is 0.419 e.